The first-order valence-corrected chi connectivity index (χ1v) is 11.3. The van der Waals surface area contributed by atoms with Gasteiger partial charge in [0.2, 0.25) is 0 Å². The molecule has 8 heteroatoms. The second-order valence-electron chi connectivity index (χ2n) is 8.17. The third-order valence-corrected chi connectivity index (χ3v) is 6.03. The Morgan fingerprint density at radius 2 is 1.67 bits per heavy atom. The quantitative estimate of drug-likeness (QED) is 0.279. The van der Waals surface area contributed by atoms with Crippen LogP contribution in [0.4, 0.5) is 10.1 Å². The van der Waals surface area contributed by atoms with E-state index < -0.39 is 29.3 Å². The van der Waals surface area contributed by atoms with Gasteiger partial charge in [0.1, 0.15) is 17.3 Å². The molecular weight excluding hydrogens is 465 g/mol. The molecule has 1 heterocycles. The third kappa shape index (κ3) is 4.37. The van der Waals surface area contributed by atoms with Crippen LogP contribution in [0, 0.1) is 12.7 Å². The summed E-state index contributed by atoms with van der Waals surface area (Å²) in [7, 11) is 2.98. The molecule has 0 aliphatic carbocycles. The minimum Gasteiger partial charge on any atom is -0.507 e. The molecule has 186 valence electrons. The molecule has 1 fully saturated rings. The van der Waals surface area contributed by atoms with E-state index in [-0.39, 0.29) is 11.1 Å². The van der Waals surface area contributed by atoms with Gasteiger partial charge in [0.15, 0.2) is 11.5 Å². The number of benzene rings is 3. The van der Waals surface area contributed by atoms with Gasteiger partial charge in [0.05, 0.1) is 32.4 Å². The molecule has 1 unspecified atom stereocenters. The molecule has 3 aromatic rings. The van der Waals surface area contributed by atoms with Crippen molar-refractivity contribution in [3.8, 4) is 17.2 Å². The van der Waals surface area contributed by atoms with E-state index in [0.29, 0.717) is 40.7 Å². The Morgan fingerprint density at radius 1 is 0.972 bits per heavy atom. The number of hydrogen-bond acceptors (Lipinski definition) is 6. The number of amides is 1. The van der Waals surface area contributed by atoms with Crippen LogP contribution in [0.15, 0.2) is 66.2 Å². The van der Waals surface area contributed by atoms with E-state index in [1.54, 1.807) is 49.4 Å². The van der Waals surface area contributed by atoms with Crippen molar-refractivity contribution in [2.45, 2.75) is 19.9 Å². The van der Waals surface area contributed by atoms with Crippen LogP contribution in [-0.4, -0.2) is 37.6 Å². The number of aliphatic hydroxyl groups excluding tert-OH is 1. The van der Waals surface area contributed by atoms with Crippen LogP contribution in [0.2, 0.25) is 0 Å². The first kappa shape index (κ1) is 24.8. The molecule has 1 N–H and O–H groups in total. The van der Waals surface area contributed by atoms with Crippen molar-refractivity contribution >= 4 is 23.1 Å². The lowest BCUT2D eigenvalue weighted by molar-refractivity contribution is -0.132. The number of carbonyl (C=O) groups is 2. The second-order valence-corrected chi connectivity index (χ2v) is 8.17. The minimum atomic E-state index is -0.979. The number of ketones is 1. The average Bonchev–Trinajstić information content (AvgIpc) is 3.15. The summed E-state index contributed by atoms with van der Waals surface area (Å²) < 4.78 is 30.1. The predicted molar refractivity (Wildman–Crippen MR) is 133 cm³/mol. The summed E-state index contributed by atoms with van der Waals surface area (Å²) in [6.45, 7) is 3.89. The highest BCUT2D eigenvalue weighted by atomic mass is 19.1. The number of Topliss-reactive ketones (excluding diaryl/α,β-unsaturated/α-hetero) is 1. The number of carbonyl (C=O) groups excluding carboxylic acids is 2. The van der Waals surface area contributed by atoms with Gasteiger partial charge in [0, 0.05) is 11.3 Å². The maximum Gasteiger partial charge on any atom is 0.300 e. The summed E-state index contributed by atoms with van der Waals surface area (Å²) >= 11 is 0. The van der Waals surface area contributed by atoms with E-state index in [1.807, 2.05) is 6.92 Å². The number of aryl methyl sites for hydroxylation is 1. The summed E-state index contributed by atoms with van der Waals surface area (Å²) in [5.74, 6) is -1.04. The summed E-state index contributed by atoms with van der Waals surface area (Å²) in [4.78, 5) is 28.0. The summed E-state index contributed by atoms with van der Waals surface area (Å²) in [6, 6.07) is 14.8. The molecule has 4 rings (SSSR count). The molecule has 7 nitrogen and oxygen atoms in total. The lowest BCUT2D eigenvalue weighted by Crippen LogP contribution is -2.29. The molecule has 0 radical (unpaired) electrons. The SMILES string of the molecule is CCOc1ccc(N2C(=O)C(=O)/C(=C(\O)c3ccc(F)c(C)c3)C2c2ccc(OC)c(OC)c2)cc1. The molecule has 0 saturated carbocycles. The molecule has 0 spiro atoms. The molecule has 36 heavy (non-hydrogen) atoms. The van der Waals surface area contributed by atoms with Crippen molar-refractivity contribution in [2.75, 3.05) is 25.7 Å². The minimum absolute atomic E-state index is 0.118. The molecular formula is C28H26FNO6. The summed E-state index contributed by atoms with van der Waals surface area (Å²) in [5.41, 5.74) is 1.36. The van der Waals surface area contributed by atoms with Gasteiger partial charge in [-0.1, -0.05) is 6.07 Å². The highest BCUT2D eigenvalue weighted by molar-refractivity contribution is 6.51. The number of anilines is 1. The van der Waals surface area contributed by atoms with Crippen LogP contribution in [0.3, 0.4) is 0 Å². The molecule has 1 aliphatic rings. The number of aliphatic hydroxyl groups is 1. The Morgan fingerprint density at radius 3 is 2.28 bits per heavy atom. The van der Waals surface area contributed by atoms with E-state index in [4.69, 9.17) is 14.2 Å². The number of ether oxygens (including phenoxy) is 3. The molecule has 1 aliphatic heterocycles. The highest BCUT2D eigenvalue weighted by Gasteiger charge is 2.47. The maximum atomic E-state index is 13.9. The Hall–Kier alpha value is -4.33. The van der Waals surface area contributed by atoms with Crippen molar-refractivity contribution < 1.29 is 33.3 Å². The largest absolute Gasteiger partial charge is 0.507 e. The van der Waals surface area contributed by atoms with Crippen molar-refractivity contribution in [2.24, 2.45) is 0 Å². The van der Waals surface area contributed by atoms with E-state index in [0.717, 1.165) is 0 Å². The number of halogens is 1. The van der Waals surface area contributed by atoms with E-state index >= 15 is 0 Å². The normalized spacial score (nSPS) is 16.8. The molecule has 1 atom stereocenters. The Labute approximate surface area is 208 Å². The number of hydrogen-bond donors (Lipinski definition) is 1. The van der Waals surface area contributed by atoms with Crippen LogP contribution in [-0.2, 0) is 9.59 Å². The van der Waals surface area contributed by atoms with Crippen LogP contribution in [0.1, 0.15) is 29.7 Å². The highest BCUT2D eigenvalue weighted by Crippen LogP contribution is 2.44. The Bertz CT molecular complexity index is 1350. The fourth-order valence-corrected chi connectivity index (χ4v) is 4.25. The second kappa shape index (κ2) is 10.1. The third-order valence-electron chi connectivity index (χ3n) is 6.03. The zero-order chi connectivity index (χ0) is 26.0. The number of rotatable bonds is 7. The van der Waals surface area contributed by atoms with Gasteiger partial charge in [0.25, 0.3) is 11.7 Å². The fourth-order valence-electron chi connectivity index (χ4n) is 4.25. The predicted octanol–water partition coefficient (Wildman–Crippen LogP) is 5.18. The van der Waals surface area contributed by atoms with Gasteiger partial charge >= 0.3 is 0 Å². The molecule has 0 aromatic heterocycles. The monoisotopic (exact) mass is 491 g/mol. The maximum absolute atomic E-state index is 13.9. The Balaban J connectivity index is 1.93. The van der Waals surface area contributed by atoms with Gasteiger partial charge in [-0.05, 0) is 79.6 Å². The van der Waals surface area contributed by atoms with Crippen molar-refractivity contribution in [1.82, 2.24) is 0 Å². The Kier molecular flexibility index (Phi) is 6.96. The van der Waals surface area contributed by atoms with Crippen molar-refractivity contribution in [3.05, 3.63) is 88.7 Å². The zero-order valence-electron chi connectivity index (χ0n) is 20.4. The molecule has 1 amide bonds. The smallest absolute Gasteiger partial charge is 0.300 e. The van der Waals surface area contributed by atoms with Crippen molar-refractivity contribution in [3.63, 3.8) is 0 Å². The van der Waals surface area contributed by atoms with Crippen LogP contribution in [0.5, 0.6) is 17.2 Å². The van der Waals surface area contributed by atoms with Crippen LogP contribution in [0.25, 0.3) is 5.76 Å². The molecule has 3 aromatic carbocycles. The van der Waals surface area contributed by atoms with Gasteiger partial charge < -0.3 is 19.3 Å². The summed E-state index contributed by atoms with van der Waals surface area (Å²) in [6.07, 6.45) is 0. The van der Waals surface area contributed by atoms with E-state index in [1.165, 1.54) is 37.3 Å². The standard InChI is InChI=1S/C28H26FNO6/c1-5-36-20-10-8-19(9-11-20)30-25(17-7-13-22(34-3)23(15-17)35-4)24(27(32)28(30)33)26(31)18-6-12-21(29)16(2)14-18/h6-15,25,31H,5H2,1-4H3/b26-24-. The lowest BCUT2D eigenvalue weighted by atomic mass is 9.94. The summed E-state index contributed by atoms with van der Waals surface area (Å²) in [5, 5.41) is 11.2. The fraction of sp³-hybridized carbons (Fsp3) is 0.214. The van der Waals surface area contributed by atoms with Crippen LogP contribution >= 0.6 is 0 Å². The molecule has 1 saturated heterocycles. The first-order valence-electron chi connectivity index (χ1n) is 11.3. The van der Waals surface area contributed by atoms with E-state index in [9.17, 15) is 19.1 Å². The molecule has 0 bridgehead atoms. The topological polar surface area (TPSA) is 85.3 Å². The van der Waals surface area contributed by atoms with Gasteiger partial charge in [-0.15, -0.1) is 0 Å². The van der Waals surface area contributed by atoms with E-state index in [2.05, 4.69) is 0 Å². The van der Waals surface area contributed by atoms with Gasteiger partial charge in [-0.2, -0.15) is 0 Å². The number of nitrogens with zero attached hydrogens (tertiary/aromatic N) is 1. The number of methoxy groups -OCH3 is 2. The first-order chi connectivity index (χ1) is 17.3. The zero-order valence-corrected chi connectivity index (χ0v) is 20.4. The van der Waals surface area contributed by atoms with Crippen LogP contribution < -0.4 is 19.1 Å². The lowest BCUT2D eigenvalue weighted by Gasteiger charge is -2.26. The van der Waals surface area contributed by atoms with Gasteiger partial charge in [-0.3, -0.25) is 14.5 Å². The van der Waals surface area contributed by atoms with Gasteiger partial charge in [-0.25, -0.2) is 4.39 Å². The average molecular weight is 492 g/mol. The van der Waals surface area contributed by atoms with Crippen molar-refractivity contribution in [1.29, 1.82) is 0 Å².